The molecule has 0 spiro atoms. The summed E-state index contributed by atoms with van der Waals surface area (Å²) in [6.45, 7) is 0. The monoisotopic (exact) mass is 356 g/mol. The van der Waals surface area contributed by atoms with Crippen molar-refractivity contribution < 1.29 is 0 Å². The molecule has 0 aliphatic heterocycles. The largest absolute Gasteiger partial charge is 0.0619 e. The molecule has 0 saturated carbocycles. The van der Waals surface area contributed by atoms with Crippen LogP contribution in [-0.4, -0.2) is 0 Å². The van der Waals surface area contributed by atoms with E-state index in [1.165, 1.54) is 55.7 Å². The zero-order chi connectivity index (χ0) is 18.5. The van der Waals surface area contributed by atoms with Gasteiger partial charge in [-0.25, -0.2) is 0 Å². The molecular formula is C28H20. The maximum Gasteiger partial charge on any atom is -0.00102 e. The first kappa shape index (κ1) is 15.7. The smallest absolute Gasteiger partial charge is 0.00102 e. The molecule has 0 heteroatoms. The molecule has 0 aromatic heterocycles. The lowest BCUT2D eigenvalue weighted by molar-refractivity contribution is 1.18. The number of allylic oxidation sites excluding steroid dienone is 14. The van der Waals surface area contributed by atoms with Crippen molar-refractivity contribution in [3.8, 4) is 0 Å². The molecule has 0 fully saturated rings. The molecular weight excluding hydrogens is 336 g/mol. The summed E-state index contributed by atoms with van der Waals surface area (Å²) in [5.74, 6) is 0. The molecule has 4 aliphatic carbocycles. The van der Waals surface area contributed by atoms with Crippen molar-refractivity contribution in [3.63, 3.8) is 0 Å². The zero-order valence-electron chi connectivity index (χ0n) is 15.7. The summed E-state index contributed by atoms with van der Waals surface area (Å²) < 4.78 is 0. The molecule has 4 aliphatic rings. The fourth-order valence-electron chi connectivity index (χ4n) is 4.98. The molecule has 0 heterocycles. The second-order valence-electron chi connectivity index (χ2n) is 7.72. The van der Waals surface area contributed by atoms with Crippen LogP contribution in [0, 0.1) is 0 Å². The van der Waals surface area contributed by atoms with E-state index in [1.54, 1.807) is 0 Å². The van der Waals surface area contributed by atoms with Gasteiger partial charge in [-0.3, -0.25) is 0 Å². The van der Waals surface area contributed by atoms with Gasteiger partial charge >= 0.3 is 0 Å². The van der Waals surface area contributed by atoms with Crippen molar-refractivity contribution in [2.75, 3.05) is 0 Å². The topological polar surface area (TPSA) is 0 Å². The zero-order valence-corrected chi connectivity index (χ0v) is 15.7. The highest BCUT2D eigenvalue weighted by Gasteiger charge is 2.32. The summed E-state index contributed by atoms with van der Waals surface area (Å²) in [7, 11) is 0. The molecule has 0 unspecified atom stereocenters. The van der Waals surface area contributed by atoms with Crippen LogP contribution in [0.4, 0.5) is 0 Å². The predicted molar refractivity (Wildman–Crippen MR) is 118 cm³/mol. The van der Waals surface area contributed by atoms with Crippen molar-refractivity contribution in [2.24, 2.45) is 0 Å². The van der Waals surface area contributed by atoms with Gasteiger partial charge in [-0.2, -0.15) is 0 Å². The highest BCUT2D eigenvalue weighted by molar-refractivity contribution is 5.99. The average molecular weight is 356 g/mol. The van der Waals surface area contributed by atoms with E-state index >= 15 is 0 Å². The number of rotatable bonds is 0. The van der Waals surface area contributed by atoms with Crippen LogP contribution in [-0.2, 0) is 12.8 Å². The van der Waals surface area contributed by atoms with Crippen LogP contribution in [0.25, 0.3) is 11.1 Å². The maximum absolute atomic E-state index is 2.29. The first-order chi connectivity index (χ1) is 13.9. The minimum Gasteiger partial charge on any atom is -0.0619 e. The Morgan fingerprint density at radius 2 is 0.857 bits per heavy atom. The third-order valence-corrected chi connectivity index (χ3v) is 6.18. The Morgan fingerprint density at radius 3 is 1.29 bits per heavy atom. The lowest BCUT2D eigenvalue weighted by atomic mass is 9.90. The minimum atomic E-state index is 1.02. The standard InChI is InChI=1S/C28H20/c1-2-10-19(9-1)27-23-15-7-5-13-21(23)17-25(27)26-18-22-14-6-8-16-24(22)28(26)20-11-3-4-12-20/h1-16H,17-18H2/b26-25+. The summed E-state index contributed by atoms with van der Waals surface area (Å²) in [6.07, 6.45) is 19.6. The first-order valence-corrected chi connectivity index (χ1v) is 9.97. The third kappa shape index (κ3) is 2.25. The van der Waals surface area contributed by atoms with Gasteiger partial charge in [-0.1, -0.05) is 97.1 Å². The van der Waals surface area contributed by atoms with E-state index in [1.807, 2.05) is 0 Å². The molecule has 2 aromatic carbocycles. The lowest BCUT2D eigenvalue weighted by Gasteiger charge is -2.13. The van der Waals surface area contributed by atoms with Gasteiger partial charge in [-0.05, 0) is 68.5 Å². The summed E-state index contributed by atoms with van der Waals surface area (Å²) >= 11 is 0. The SMILES string of the molecule is C1=CC(=C2/C(=C3\Cc4ccccc4C3=C3C=CC=C3)Cc3ccccc32)C=C1. The van der Waals surface area contributed by atoms with Crippen molar-refractivity contribution in [3.05, 3.63) is 142 Å². The highest BCUT2D eigenvalue weighted by atomic mass is 14.3. The Kier molecular flexibility index (Phi) is 3.39. The molecule has 28 heavy (non-hydrogen) atoms. The molecule has 0 saturated heterocycles. The van der Waals surface area contributed by atoms with E-state index in [9.17, 15) is 0 Å². The van der Waals surface area contributed by atoms with E-state index in [2.05, 4.69) is 97.1 Å². The Balaban J connectivity index is 1.67. The van der Waals surface area contributed by atoms with Gasteiger partial charge in [0.25, 0.3) is 0 Å². The van der Waals surface area contributed by atoms with Crippen LogP contribution in [0.1, 0.15) is 22.3 Å². The first-order valence-electron chi connectivity index (χ1n) is 9.97. The van der Waals surface area contributed by atoms with Gasteiger partial charge in [-0.15, -0.1) is 0 Å². The lowest BCUT2D eigenvalue weighted by Crippen LogP contribution is -1.95. The minimum absolute atomic E-state index is 1.02. The van der Waals surface area contributed by atoms with Gasteiger partial charge in [0.15, 0.2) is 0 Å². The Hall–Kier alpha value is -3.38. The number of fused-ring (bicyclic) bond motifs is 2. The molecule has 0 N–H and O–H groups in total. The van der Waals surface area contributed by atoms with Crippen molar-refractivity contribution in [1.82, 2.24) is 0 Å². The van der Waals surface area contributed by atoms with Crippen LogP contribution in [0.3, 0.4) is 0 Å². The summed E-state index contributed by atoms with van der Waals surface area (Å²) in [6, 6.07) is 17.8. The molecule has 132 valence electrons. The quantitative estimate of drug-likeness (QED) is 0.502. The van der Waals surface area contributed by atoms with E-state index in [0.29, 0.717) is 0 Å². The van der Waals surface area contributed by atoms with Gasteiger partial charge in [0.1, 0.15) is 0 Å². The van der Waals surface area contributed by atoms with Gasteiger partial charge in [0.2, 0.25) is 0 Å². The summed E-state index contributed by atoms with van der Waals surface area (Å²) in [5.41, 5.74) is 14.2. The second kappa shape index (κ2) is 6.07. The van der Waals surface area contributed by atoms with E-state index in [0.717, 1.165) is 12.8 Å². The average Bonchev–Trinajstić information content (AvgIpc) is 3.52. The fourth-order valence-corrected chi connectivity index (χ4v) is 4.98. The second-order valence-corrected chi connectivity index (χ2v) is 7.72. The molecule has 0 amide bonds. The molecule has 0 nitrogen and oxygen atoms in total. The van der Waals surface area contributed by atoms with Gasteiger partial charge < -0.3 is 0 Å². The Morgan fingerprint density at radius 1 is 0.464 bits per heavy atom. The summed E-state index contributed by atoms with van der Waals surface area (Å²) in [5, 5.41) is 0. The van der Waals surface area contributed by atoms with Gasteiger partial charge in [0, 0.05) is 0 Å². The number of hydrogen-bond acceptors (Lipinski definition) is 0. The van der Waals surface area contributed by atoms with Gasteiger partial charge in [0.05, 0.1) is 0 Å². The van der Waals surface area contributed by atoms with Crippen molar-refractivity contribution in [1.29, 1.82) is 0 Å². The van der Waals surface area contributed by atoms with Crippen LogP contribution in [0.5, 0.6) is 0 Å². The number of benzene rings is 2. The molecule has 0 radical (unpaired) electrons. The fraction of sp³-hybridized carbons (Fsp3) is 0.0714. The summed E-state index contributed by atoms with van der Waals surface area (Å²) in [4.78, 5) is 0. The highest BCUT2D eigenvalue weighted by Crippen LogP contribution is 2.49. The molecule has 2 aromatic rings. The molecule has 0 bridgehead atoms. The third-order valence-electron chi connectivity index (χ3n) is 6.18. The van der Waals surface area contributed by atoms with Crippen LogP contribution in [0.2, 0.25) is 0 Å². The van der Waals surface area contributed by atoms with Crippen molar-refractivity contribution >= 4 is 11.1 Å². The van der Waals surface area contributed by atoms with E-state index < -0.39 is 0 Å². The van der Waals surface area contributed by atoms with E-state index in [-0.39, 0.29) is 0 Å². The normalized spacial score (nSPS) is 21.4. The molecule has 0 atom stereocenters. The Labute approximate surface area is 165 Å². The molecule has 6 rings (SSSR count). The maximum atomic E-state index is 2.29. The predicted octanol–water partition coefficient (Wildman–Crippen LogP) is 6.55. The van der Waals surface area contributed by atoms with Crippen LogP contribution >= 0.6 is 0 Å². The van der Waals surface area contributed by atoms with Crippen LogP contribution < -0.4 is 0 Å². The van der Waals surface area contributed by atoms with E-state index in [4.69, 9.17) is 0 Å². The van der Waals surface area contributed by atoms with Crippen molar-refractivity contribution in [2.45, 2.75) is 12.8 Å². The Bertz CT molecular complexity index is 1110. The van der Waals surface area contributed by atoms with Crippen LogP contribution in [0.15, 0.2) is 119 Å². The number of hydrogen-bond donors (Lipinski definition) is 0.